The van der Waals surface area contributed by atoms with Crippen LogP contribution in [0.25, 0.3) is 5.76 Å². The Hall–Kier alpha value is -3.71. The van der Waals surface area contributed by atoms with Gasteiger partial charge in [-0.3, -0.25) is 19.3 Å². The zero-order valence-electron chi connectivity index (χ0n) is 17.1. The van der Waals surface area contributed by atoms with Gasteiger partial charge in [-0.1, -0.05) is 58.4 Å². The van der Waals surface area contributed by atoms with Crippen LogP contribution in [0.4, 0.5) is 11.4 Å². The van der Waals surface area contributed by atoms with E-state index in [-0.39, 0.29) is 17.2 Å². The Labute approximate surface area is 193 Å². The highest BCUT2D eigenvalue weighted by Gasteiger charge is 2.46. The van der Waals surface area contributed by atoms with Crippen molar-refractivity contribution in [1.29, 1.82) is 0 Å². The fourth-order valence-corrected chi connectivity index (χ4v) is 3.98. The molecule has 0 unspecified atom stereocenters. The van der Waals surface area contributed by atoms with Crippen LogP contribution in [0, 0.1) is 0 Å². The molecule has 160 valence electrons. The second kappa shape index (κ2) is 8.80. The van der Waals surface area contributed by atoms with Gasteiger partial charge in [0.2, 0.25) is 5.91 Å². The summed E-state index contributed by atoms with van der Waals surface area (Å²) in [6, 6.07) is 21.7. The summed E-state index contributed by atoms with van der Waals surface area (Å²) in [5, 5.41) is 13.7. The Kier molecular flexibility index (Phi) is 5.92. The van der Waals surface area contributed by atoms with E-state index < -0.39 is 17.7 Å². The van der Waals surface area contributed by atoms with E-state index in [1.165, 1.54) is 11.8 Å². The molecule has 32 heavy (non-hydrogen) atoms. The number of aliphatic hydroxyl groups excluding tert-OH is 1. The number of hydrogen-bond donors (Lipinski definition) is 2. The lowest BCUT2D eigenvalue weighted by Gasteiger charge is -2.25. The van der Waals surface area contributed by atoms with E-state index in [2.05, 4.69) is 21.2 Å². The molecule has 2 N–H and O–H groups in total. The molecule has 3 aromatic carbocycles. The second-order valence-electron chi connectivity index (χ2n) is 7.31. The van der Waals surface area contributed by atoms with Gasteiger partial charge in [0.25, 0.3) is 11.7 Å². The monoisotopic (exact) mass is 490 g/mol. The number of anilines is 2. The van der Waals surface area contributed by atoms with Crippen molar-refractivity contribution in [3.05, 3.63) is 100 Å². The van der Waals surface area contributed by atoms with Crippen LogP contribution in [0.3, 0.4) is 0 Å². The van der Waals surface area contributed by atoms with Crippen molar-refractivity contribution in [2.45, 2.75) is 13.0 Å². The number of carbonyl (C=O) groups is 3. The van der Waals surface area contributed by atoms with Crippen LogP contribution in [0.5, 0.6) is 0 Å². The first-order valence-electron chi connectivity index (χ1n) is 9.86. The van der Waals surface area contributed by atoms with Crippen LogP contribution in [0.15, 0.2) is 88.9 Å². The van der Waals surface area contributed by atoms with Crippen molar-refractivity contribution in [2.24, 2.45) is 0 Å². The smallest absolute Gasteiger partial charge is 0.300 e. The van der Waals surface area contributed by atoms with Crippen molar-refractivity contribution < 1.29 is 19.5 Å². The van der Waals surface area contributed by atoms with Crippen LogP contribution < -0.4 is 10.2 Å². The van der Waals surface area contributed by atoms with Crippen LogP contribution >= 0.6 is 15.9 Å². The fourth-order valence-electron chi connectivity index (χ4n) is 3.72. The van der Waals surface area contributed by atoms with Gasteiger partial charge in [0.1, 0.15) is 5.76 Å². The summed E-state index contributed by atoms with van der Waals surface area (Å²) >= 11 is 3.40. The summed E-state index contributed by atoms with van der Waals surface area (Å²) in [6.45, 7) is 1.41. The van der Waals surface area contributed by atoms with Gasteiger partial charge in [-0.25, -0.2) is 0 Å². The van der Waals surface area contributed by atoms with E-state index in [1.54, 1.807) is 66.7 Å². The zero-order valence-corrected chi connectivity index (χ0v) is 18.7. The number of nitrogens with one attached hydrogen (secondary N) is 1. The number of nitrogens with zero attached hydrogens (tertiary/aromatic N) is 1. The molecule has 6 nitrogen and oxygen atoms in total. The second-order valence-corrected chi connectivity index (χ2v) is 8.23. The van der Waals surface area contributed by atoms with E-state index in [0.29, 0.717) is 22.5 Å². The Morgan fingerprint density at radius 3 is 2.16 bits per heavy atom. The Morgan fingerprint density at radius 1 is 0.938 bits per heavy atom. The summed E-state index contributed by atoms with van der Waals surface area (Å²) in [6.07, 6.45) is 0. The van der Waals surface area contributed by atoms with E-state index >= 15 is 0 Å². The van der Waals surface area contributed by atoms with E-state index in [0.717, 1.165) is 4.47 Å². The third-order valence-electron chi connectivity index (χ3n) is 5.14. The average Bonchev–Trinajstić information content (AvgIpc) is 3.05. The minimum atomic E-state index is -0.810. The van der Waals surface area contributed by atoms with Crippen molar-refractivity contribution >= 4 is 50.7 Å². The summed E-state index contributed by atoms with van der Waals surface area (Å²) in [5.41, 5.74) is 2.20. The molecule has 1 heterocycles. The number of aliphatic hydroxyl groups is 1. The van der Waals surface area contributed by atoms with E-state index in [9.17, 15) is 19.5 Å². The molecular formula is C25H19BrN2O4. The highest BCUT2D eigenvalue weighted by molar-refractivity contribution is 9.10. The van der Waals surface area contributed by atoms with Crippen molar-refractivity contribution in [3.8, 4) is 0 Å². The molecule has 0 saturated carbocycles. The standard InChI is InChI=1S/C25H19BrN2O4/c1-15(29)27-19-11-13-20(14-12-19)28-22(16-7-9-18(26)10-8-16)21(24(31)25(28)32)23(30)17-5-3-2-4-6-17/h2-14,22,30H,1H3,(H,27,29)/b23-21+/t22-/m1/s1. The summed E-state index contributed by atoms with van der Waals surface area (Å²) in [7, 11) is 0. The highest BCUT2D eigenvalue weighted by atomic mass is 79.9. The molecule has 0 spiro atoms. The Bertz CT molecular complexity index is 1220. The third-order valence-corrected chi connectivity index (χ3v) is 5.67. The Morgan fingerprint density at radius 2 is 1.56 bits per heavy atom. The maximum Gasteiger partial charge on any atom is 0.300 e. The number of halogens is 1. The Balaban J connectivity index is 1.87. The molecule has 7 heteroatoms. The molecule has 0 aliphatic carbocycles. The fraction of sp³-hybridized carbons (Fsp3) is 0.0800. The molecule has 0 bridgehead atoms. The first-order valence-corrected chi connectivity index (χ1v) is 10.7. The maximum atomic E-state index is 13.1. The number of benzene rings is 3. The lowest BCUT2D eigenvalue weighted by atomic mass is 9.95. The van der Waals surface area contributed by atoms with Gasteiger partial charge in [-0.05, 0) is 42.0 Å². The maximum absolute atomic E-state index is 13.1. The van der Waals surface area contributed by atoms with Gasteiger partial charge in [-0.2, -0.15) is 0 Å². The molecule has 1 aliphatic rings. The topological polar surface area (TPSA) is 86.7 Å². The molecule has 1 fully saturated rings. The van der Waals surface area contributed by atoms with Crippen molar-refractivity contribution in [3.63, 3.8) is 0 Å². The molecule has 2 amide bonds. The normalized spacial score (nSPS) is 17.4. The van der Waals surface area contributed by atoms with Gasteiger partial charge < -0.3 is 10.4 Å². The first-order chi connectivity index (χ1) is 15.4. The number of hydrogen-bond acceptors (Lipinski definition) is 4. The molecule has 1 saturated heterocycles. The number of rotatable bonds is 4. The van der Waals surface area contributed by atoms with Gasteiger partial charge in [0, 0.05) is 28.3 Å². The minimum Gasteiger partial charge on any atom is -0.507 e. The van der Waals surface area contributed by atoms with Crippen molar-refractivity contribution in [2.75, 3.05) is 10.2 Å². The van der Waals surface area contributed by atoms with Crippen molar-refractivity contribution in [1.82, 2.24) is 0 Å². The van der Waals surface area contributed by atoms with Gasteiger partial charge in [-0.15, -0.1) is 0 Å². The summed E-state index contributed by atoms with van der Waals surface area (Å²) in [5.74, 6) is -1.93. The molecule has 3 aromatic rings. The quantitative estimate of drug-likeness (QED) is 0.305. The SMILES string of the molecule is CC(=O)Nc1ccc(N2C(=O)C(=O)/C(=C(/O)c3ccccc3)[C@H]2c2ccc(Br)cc2)cc1. The molecular weight excluding hydrogens is 472 g/mol. The van der Waals surface area contributed by atoms with Crippen LogP contribution in [0.2, 0.25) is 0 Å². The van der Waals surface area contributed by atoms with Crippen LogP contribution in [0.1, 0.15) is 24.1 Å². The predicted molar refractivity (Wildman–Crippen MR) is 126 cm³/mol. The van der Waals surface area contributed by atoms with Crippen LogP contribution in [-0.2, 0) is 14.4 Å². The molecule has 0 radical (unpaired) electrons. The lowest BCUT2D eigenvalue weighted by molar-refractivity contribution is -0.132. The number of amides is 2. The molecule has 0 aromatic heterocycles. The van der Waals surface area contributed by atoms with Gasteiger partial charge in [0.15, 0.2) is 0 Å². The van der Waals surface area contributed by atoms with Gasteiger partial charge >= 0.3 is 0 Å². The number of Topliss-reactive ketones (excluding diaryl/α,β-unsaturated/α-hetero) is 1. The zero-order chi connectivity index (χ0) is 22.8. The first kappa shape index (κ1) is 21.5. The minimum absolute atomic E-state index is 0.0226. The molecule has 1 aliphatic heterocycles. The van der Waals surface area contributed by atoms with Gasteiger partial charge in [0.05, 0.1) is 11.6 Å². The summed E-state index contributed by atoms with van der Waals surface area (Å²) in [4.78, 5) is 38.9. The molecule has 1 atom stereocenters. The van der Waals surface area contributed by atoms with Crippen LogP contribution in [-0.4, -0.2) is 22.7 Å². The largest absolute Gasteiger partial charge is 0.507 e. The number of carbonyl (C=O) groups excluding carboxylic acids is 3. The predicted octanol–water partition coefficient (Wildman–Crippen LogP) is 5.03. The lowest BCUT2D eigenvalue weighted by Crippen LogP contribution is -2.29. The summed E-state index contributed by atoms with van der Waals surface area (Å²) < 4.78 is 0.848. The third kappa shape index (κ3) is 4.07. The van der Waals surface area contributed by atoms with E-state index in [4.69, 9.17) is 0 Å². The number of ketones is 1. The highest BCUT2D eigenvalue weighted by Crippen LogP contribution is 2.42. The van der Waals surface area contributed by atoms with E-state index in [1.807, 2.05) is 12.1 Å². The molecule has 4 rings (SSSR count). The average molecular weight is 491 g/mol.